The summed E-state index contributed by atoms with van der Waals surface area (Å²) in [5.74, 6) is 0. The summed E-state index contributed by atoms with van der Waals surface area (Å²) in [4.78, 5) is 2.38. The lowest BCUT2D eigenvalue weighted by Crippen LogP contribution is -2.22. The predicted octanol–water partition coefficient (Wildman–Crippen LogP) is 12.9. The first-order valence-corrected chi connectivity index (χ1v) is 19.9. The third-order valence-corrected chi connectivity index (χ3v) is 11.5. The molecule has 57 heavy (non-hydrogen) atoms. The van der Waals surface area contributed by atoms with Crippen molar-refractivity contribution in [3.63, 3.8) is 0 Å². The molecule has 272 valence electrons. The third-order valence-electron chi connectivity index (χ3n) is 11.5. The van der Waals surface area contributed by atoms with Gasteiger partial charge < -0.3 is 10.2 Å². The Morgan fingerprint density at radius 2 is 1.12 bits per heavy atom. The maximum absolute atomic E-state index is 3.40. The van der Waals surface area contributed by atoms with E-state index in [0.29, 0.717) is 0 Å². The molecular weight excluding hydrogens is 689 g/mol. The fourth-order valence-corrected chi connectivity index (χ4v) is 8.70. The van der Waals surface area contributed by atoms with Crippen LogP contribution in [-0.2, 0) is 6.54 Å². The summed E-state index contributed by atoms with van der Waals surface area (Å²) in [6.45, 7) is 0.744. The highest BCUT2D eigenvalue weighted by Gasteiger charge is 2.19. The first-order valence-electron chi connectivity index (χ1n) is 19.9. The number of anilines is 3. The molecule has 0 bridgehead atoms. The summed E-state index contributed by atoms with van der Waals surface area (Å²) in [6.07, 6.45) is 8.02. The quantitative estimate of drug-likeness (QED) is 0.157. The first-order chi connectivity index (χ1) is 28.2. The molecule has 0 spiro atoms. The van der Waals surface area contributed by atoms with Crippen molar-refractivity contribution in [3.8, 4) is 22.3 Å². The highest BCUT2D eigenvalue weighted by Crippen LogP contribution is 2.44. The van der Waals surface area contributed by atoms with Crippen LogP contribution in [0, 0.1) is 0 Å². The van der Waals surface area contributed by atoms with E-state index in [1.54, 1.807) is 0 Å². The number of nitrogens with one attached hydrogen (secondary N) is 1. The number of allylic oxidation sites excluding steroid dienone is 2. The second-order valence-electron chi connectivity index (χ2n) is 14.9. The van der Waals surface area contributed by atoms with Gasteiger partial charge in [0.25, 0.3) is 0 Å². The largest absolute Gasteiger partial charge is 0.386 e. The Labute approximate surface area is 334 Å². The van der Waals surface area contributed by atoms with E-state index >= 15 is 0 Å². The summed E-state index contributed by atoms with van der Waals surface area (Å²) in [5.41, 5.74) is 12.1. The zero-order chi connectivity index (χ0) is 38.1. The van der Waals surface area contributed by atoms with E-state index in [9.17, 15) is 0 Å². The third kappa shape index (κ3) is 6.46. The molecule has 10 rings (SSSR count). The lowest BCUT2D eigenvalue weighted by atomic mass is 9.84. The van der Waals surface area contributed by atoms with Crippen LogP contribution >= 0.6 is 0 Å². The smallest absolute Gasteiger partial charge is 0.0649 e. The van der Waals surface area contributed by atoms with Gasteiger partial charge in [-0.1, -0.05) is 164 Å². The minimum Gasteiger partial charge on any atom is -0.386 e. The summed E-state index contributed by atoms with van der Waals surface area (Å²) in [7, 11) is 1.99. The first kappa shape index (κ1) is 34.3. The lowest BCUT2D eigenvalue weighted by Gasteiger charge is -2.27. The van der Waals surface area contributed by atoms with Gasteiger partial charge in [0.2, 0.25) is 0 Å². The average Bonchev–Trinajstić information content (AvgIpc) is 3.50. The maximum Gasteiger partial charge on any atom is 0.0649 e. The molecule has 9 aromatic rings. The minimum atomic E-state index is 0.744. The molecule has 0 aromatic heterocycles. The number of hydrogen-bond acceptors (Lipinski definition) is 2. The molecule has 0 aliphatic heterocycles. The summed E-state index contributed by atoms with van der Waals surface area (Å²) in [6, 6.07) is 68.7. The van der Waals surface area contributed by atoms with Crippen molar-refractivity contribution in [1.29, 1.82) is 0 Å². The highest BCUT2D eigenvalue weighted by molar-refractivity contribution is 6.22. The molecule has 0 heterocycles. The van der Waals surface area contributed by atoms with Gasteiger partial charge in [0.1, 0.15) is 0 Å². The van der Waals surface area contributed by atoms with Crippen LogP contribution in [0.25, 0.3) is 72.3 Å². The van der Waals surface area contributed by atoms with Crippen LogP contribution in [-0.4, -0.2) is 7.05 Å². The topological polar surface area (TPSA) is 15.3 Å². The van der Waals surface area contributed by atoms with E-state index in [0.717, 1.165) is 30.0 Å². The normalized spacial score (nSPS) is 12.3. The Hall–Kier alpha value is -7.16. The molecule has 2 heteroatoms. The molecule has 0 saturated heterocycles. The van der Waals surface area contributed by atoms with Crippen molar-refractivity contribution in [2.24, 2.45) is 0 Å². The van der Waals surface area contributed by atoms with Crippen LogP contribution in [0.2, 0.25) is 0 Å². The zero-order valence-electron chi connectivity index (χ0n) is 32.0. The second-order valence-corrected chi connectivity index (χ2v) is 14.9. The van der Waals surface area contributed by atoms with Crippen LogP contribution in [0.15, 0.2) is 194 Å². The second kappa shape index (κ2) is 14.8. The lowest BCUT2D eigenvalue weighted by molar-refractivity contribution is 0.976. The molecule has 2 nitrogen and oxygen atoms in total. The van der Waals surface area contributed by atoms with E-state index in [2.05, 4.69) is 217 Å². The highest BCUT2D eigenvalue weighted by atomic mass is 15.1. The zero-order valence-corrected chi connectivity index (χ0v) is 32.0. The van der Waals surface area contributed by atoms with Gasteiger partial charge in [0.05, 0.1) is 11.4 Å². The van der Waals surface area contributed by atoms with Gasteiger partial charge in [0, 0.05) is 19.3 Å². The monoisotopic (exact) mass is 730 g/mol. The molecule has 0 amide bonds. The van der Waals surface area contributed by atoms with Gasteiger partial charge in [-0.2, -0.15) is 0 Å². The molecule has 0 fully saturated rings. The number of para-hydroxylation sites is 3. The van der Waals surface area contributed by atoms with Gasteiger partial charge in [-0.3, -0.25) is 0 Å². The van der Waals surface area contributed by atoms with Crippen molar-refractivity contribution in [2.75, 3.05) is 17.3 Å². The van der Waals surface area contributed by atoms with Gasteiger partial charge in [-0.25, -0.2) is 0 Å². The van der Waals surface area contributed by atoms with Crippen molar-refractivity contribution in [3.05, 3.63) is 216 Å². The summed E-state index contributed by atoms with van der Waals surface area (Å²) in [5, 5.41) is 13.5. The van der Waals surface area contributed by atoms with E-state index < -0.39 is 0 Å². The Kier molecular flexibility index (Phi) is 8.93. The molecule has 0 saturated carbocycles. The van der Waals surface area contributed by atoms with E-state index in [1.165, 1.54) is 81.7 Å². The molecule has 0 radical (unpaired) electrons. The predicted molar refractivity (Wildman–Crippen MR) is 245 cm³/mol. The Morgan fingerprint density at radius 1 is 0.474 bits per heavy atom. The molecule has 0 atom stereocenters. The van der Waals surface area contributed by atoms with Crippen LogP contribution in [0.4, 0.5) is 17.1 Å². The van der Waals surface area contributed by atoms with E-state index in [4.69, 9.17) is 0 Å². The molecule has 9 aromatic carbocycles. The summed E-state index contributed by atoms with van der Waals surface area (Å²) >= 11 is 0. The molecular formula is C55H42N2. The Morgan fingerprint density at radius 3 is 1.95 bits per heavy atom. The summed E-state index contributed by atoms with van der Waals surface area (Å²) < 4.78 is 0. The molecule has 1 N–H and O–H groups in total. The van der Waals surface area contributed by atoms with Crippen molar-refractivity contribution in [2.45, 2.75) is 13.0 Å². The van der Waals surface area contributed by atoms with Gasteiger partial charge in [0.15, 0.2) is 0 Å². The van der Waals surface area contributed by atoms with Gasteiger partial charge in [-0.15, -0.1) is 0 Å². The molecule has 0 unspecified atom stereocenters. The standard InChI is InChI=1S/C55H42N2/c1-56-52-24-11-12-25-53(52)57(47-20-3-2-4-21-47)37-38-26-28-41(29-27-38)44-32-33-50-51(36-44)55(45-19-13-18-39-14-5-7-16-42(39)34-45)49-23-10-9-22-48(49)54(50)46-31-30-40-15-6-8-17-43(40)35-46/h2-12,14-36,56H,13,37H2,1H3. The van der Waals surface area contributed by atoms with Gasteiger partial charge >= 0.3 is 0 Å². The number of hydrogen-bond donors (Lipinski definition) is 1. The van der Waals surface area contributed by atoms with Crippen molar-refractivity contribution >= 4 is 67.1 Å². The van der Waals surface area contributed by atoms with Crippen molar-refractivity contribution in [1.82, 2.24) is 0 Å². The number of nitrogens with zero attached hydrogens (tertiary/aromatic N) is 1. The fraction of sp³-hybridized carbons (Fsp3) is 0.0545. The SMILES string of the molecule is CNc1ccccc1N(Cc1ccc(-c2ccc3c(-c4ccc5ccccc5c4)c4ccccc4c(C4=CCC=c5ccccc5=C4)c3c2)cc1)c1ccccc1. The average molecular weight is 731 g/mol. The van der Waals surface area contributed by atoms with Crippen LogP contribution < -0.4 is 20.7 Å². The number of rotatable bonds is 8. The van der Waals surface area contributed by atoms with E-state index in [-0.39, 0.29) is 0 Å². The van der Waals surface area contributed by atoms with Crippen LogP contribution in [0.3, 0.4) is 0 Å². The molecule has 1 aliphatic carbocycles. The molecule has 1 aliphatic rings. The van der Waals surface area contributed by atoms with E-state index in [1.807, 2.05) is 7.05 Å². The Balaban J connectivity index is 1.13. The number of fused-ring (bicyclic) bond motifs is 4. The van der Waals surface area contributed by atoms with Crippen molar-refractivity contribution < 1.29 is 0 Å². The van der Waals surface area contributed by atoms with Gasteiger partial charge in [-0.05, 0) is 131 Å². The number of benzene rings is 9. The fourth-order valence-electron chi connectivity index (χ4n) is 8.70. The maximum atomic E-state index is 3.40. The Bertz CT molecular complexity index is 3100. The van der Waals surface area contributed by atoms with Crippen LogP contribution in [0.5, 0.6) is 0 Å². The minimum absolute atomic E-state index is 0.744. The van der Waals surface area contributed by atoms with Crippen LogP contribution in [0.1, 0.15) is 17.5 Å².